The molecular formula is C44H28O. The largest absolute Gasteiger partial charge is 0.456 e. The van der Waals surface area contributed by atoms with Crippen LogP contribution in [0.1, 0.15) is 15.1 Å². The van der Waals surface area contributed by atoms with Crippen molar-refractivity contribution in [1.29, 1.82) is 0 Å². The van der Waals surface area contributed by atoms with Crippen LogP contribution in [0.4, 0.5) is 0 Å². The number of hydrogen-bond acceptors (Lipinski definition) is 1. The van der Waals surface area contributed by atoms with Crippen LogP contribution in [0.25, 0.3) is 88.0 Å². The van der Waals surface area contributed by atoms with Gasteiger partial charge in [0.15, 0.2) is 0 Å². The second-order valence-corrected chi connectivity index (χ2v) is 10.8. The monoisotopic (exact) mass is 583 g/mol. The van der Waals surface area contributed by atoms with Crippen LogP contribution < -0.4 is 0 Å². The van der Waals surface area contributed by atoms with Gasteiger partial charge in [0, 0.05) is 10.8 Å². The summed E-state index contributed by atoms with van der Waals surface area (Å²) in [5, 5.41) is 3.33. The summed E-state index contributed by atoms with van der Waals surface area (Å²) in [6.45, 7) is 0. The van der Waals surface area contributed by atoms with Gasteiger partial charge < -0.3 is 4.42 Å². The third kappa shape index (κ3) is 4.02. The average Bonchev–Trinajstić information content (AvgIpc) is 3.61. The highest BCUT2D eigenvalue weighted by Crippen LogP contribution is 2.49. The fraction of sp³-hybridized carbons (Fsp3) is 0. The Balaban J connectivity index is 1.49. The van der Waals surface area contributed by atoms with E-state index in [0.717, 1.165) is 5.56 Å². The SMILES string of the molecule is [2H]c1c([2H])c([2H])c(-c2ccccc2-c2c3ccccc3c(-c3c([2H])c([2H])c([2H])c4oc5c([2H])c([2H])c([2H])c(-c6ccccc6)c5c34)c3ccccc23)c([2H])c1[2H]. The molecule has 0 saturated heterocycles. The molecule has 0 amide bonds. The van der Waals surface area contributed by atoms with Crippen LogP contribution in [0.3, 0.4) is 0 Å². The third-order valence-electron chi connectivity index (χ3n) is 8.34. The molecule has 1 aromatic heterocycles. The summed E-state index contributed by atoms with van der Waals surface area (Å²) in [5.74, 6) is 0. The molecule has 45 heavy (non-hydrogen) atoms. The topological polar surface area (TPSA) is 13.1 Å². The molecule has 0 N–H and O–H groups in total. The molecule has 1 heteroatoms. The summed E-state index contributed by atoms with van der Waals surface area (Å²) < 4.78 is 103. The Morgan fingerprint density at radius 1 is 0.356 bits per heavy atom. The zero-order valence-electron chi connectivity index (χ0n) is 34.7. The Bertz CT molecular complexity index is 3070. The maximum absolute atomic E-state index is 9.54. The molecule has 1 heterocycles. The van der Waals surface area contributed by atoms with Crippen LogP contribution in [-0.2, 0) is 0 Å². The molecule has 0 spiro atoms. The van der Waals surface area contributed by atoms with Gasteiger partial charge in [0.25, 0.3) is 0 Å². The first-order valence-corrected chi connectivity index (χ1v) is 14.6. The van der Waals surface area contributed by atoms with Crippen LogP contribution in [0.15, 0.2) is 174 Å². The first-order valence-electron chi connectivity index (χ1n) is 20.1. The van der Waals surface area contributed by atoms with Gasteiger partial charge in [-0.1, -0.05) is 158 Å². The van der Waals surface area contributed by atoms with Gasteiger partial charge in [-0.25, -0.2) is 0 Å². The summed E-state index contributed by atoms with van der Waals surface area (Å²) >= 11 is 0. The van der Waals surface area contributed by atoms with Gasteiger partial charge in [-0.3, -0.25) is 0 Å². The summed E-state index contributed by atoms with van der Waals surface area (Å²) in [5.41, 5.74) is 3.52. The second kappa shape index (κ2) is 10.4. The first-order chi connectivity index (χ1) is 26.9. The Kier molecular flexibility index (Phi) is 3.87. The normalized spacial score (nSPS) is 15.0. The van der Waals surface area contributed by atoms with E-state index < -0.39 is 18.1 Å². The molecule has 0 aliphatic heterocycles. The molecule has 9 aromatic rings. The van der Waals surface area contributed by atoms with E-state index in [1.807, 2.05) is 66.7 Å². The van der Waals surface area contributed by atoms with Crippen molar-refractivity contribution >= 4 is 43.5 Å². The Morgan fingerprint density at radius 2 is 0.844 bits per heavy atom. The summed E-state index contributed by atoms with van der Waals surface area (Å²) in [6, 6.07) is 27.4. The highest BCUT2D eigenvalue weighted by Gasteiger charge is 2.22. The van der Waals surface area contributed by atoms with E-state index in [1.165, 1.54) is 0 Å². The predicted molar refractivity (Wildman–Crippen MR) is 190 cm³/mol. The maximum atomic E-state index is 9.54. The van der Waals surface area contributed by atoms with Crippen LogP contribution in [-0.4, -0.2) is 0 Å². The van der Waals surface area contributed by atoms with E-state index in [9.17, 15) is 1.37 Å². The Morgan fingerprint density at radius 3 is 1.47 bits per heavy atom. The van der Waals surface area contributed by atoms with E-state index in [0.29, 0.717) is 54.7 Å². The van der Waals surface area contributed by atoms with Gasteiger partial charge in [0.1, 0.15) is 11.2 Å². The maximum Gasteiger partial charge on any atom is 0.136 e. The third-order valence-corrected chi connectivity index (χ3v) is 8.34. The van der Waals surface area contributed by atoms with Crippen LogP contribution in [0, 0.1) is 0 Å². The van der Waals surface area contributed by atoms with Crippen molar-refractivity contribution in [3.8, 4) is 44.5 Å². The van der Waals surface area contributed by atoms with Crippen molar-refractivity contribution in [2.75, 3.05) is 0 Å². The quantitative estimate of drug-likeness (QED) is 0.188. The van der Waals surface area contributed by atoms with E-state index in [4.69, 9.17) is 18.1 Å². The lowest BCUT2D eigenvalue weighted by atomic mass is 9.83. The number of benzene rings is 8. The zero-order valence-corrected chi connectivity index (χ0v) is 23.7. The average molecular weight is 584 g/mol. The highest BCUT2D eigenvalue weighted by molar-refractivity contribution is 6.27. The van der Waals surface area contributed by atoms with Crippen molar-refractivity contribution in [3.05, 3.63) is 170 Å². The smallest absolute Gasteiger partial charge is 0.136 e. The van der Waals surface area contributed by atoms with Gasteiger partial charge in [0.05, 0.1) is 15.1 Å². The molecule has 0 radical (unpaired) electrons. The van der Waals surface area contributed by atoms with E-state index in [1.54, 1.807) is 36.4 Å². The number of fused-ring (bicyclic) bond motifs is 5. The van der Waals surface area contributed by atoms with Gasteiger partial charge in [-0.15, -0.1) is 0 Å². The molecule has 0 fully saturated rings. The highest BCUT2D eigenvalue weighted by atomic mass is 16.3. The minimum atomic E-state index is -0.484. The number of hydrogen-bond donors (Lipinski definition) is 0. The Labute approximate surface area is 277 Å². The van der Waals surface area contributed by atoms with Gasteiger partial charge in [0.2, 0.25) is 0 Å². The molecule has 0 saturated carbocycles. The van der Waals surface area contributed by atoms with Crippen molar-refractivity contribution in [3.63, 3.8) is 0 Å². The molecule has 1 nitrogen and oxygen atoms in total. The van der Waals surface area contributed by atoms with Crippen LogP contribution >= 0.6 is 0 Å². The number of furan rings is 1. The lowest BCUT2D eigenvalue weighted by Gasteiger charge is -2.20. The summed E-state index contributed by atoms with van der Waals surface area (Å²) in [6.07, 6.45) is 0. The molecule has 210 valence electrons. The molecule has 0 aliphatic carbocycles. The second-order valence-electron chi connectivity index (χ2n) is 10.8. The van der Waals surface area contributed by atoms with E-state index >= 15 is 0 Å². The zero-order chi connectivity index (χ0) is 39.3. The van der Waals surface area contributed by atoms with Gasteiger partial charge in [-0.05, 0) is 78.1 Å². The van der Waals surface area contributed by atoms with Gasteiger partial charge >= 0.3 is 0 Å². The first kappa shape index (κ1) is 16.8. The summed E-state index contributed by atoms with van der Waals surface area (Å²) in [7, 11) is 0. The minimum Gasteiger partial charge on any atom is -0.456 e. The van der Waals surface area contributed by atoms with Crippen molar-refractivity contribution in [2.45, 2.75) is 0 Å². The van der Waals surface area contributed by atoms with E-state index in [-0.39, 0.29) is 76.0 Å². The van der Waals surface area contributed by atoms with Crippen molar-refractivity contribution in [2.24, 2.45) is 0 Å². The fourth-order valence-electron chi connectivity index (χ4n) is 6.51. The molecule has 0 aliphatic rings. The van der Waals surface area contributed by atoms with Crippen molar-refractivity contribution in [1.82, 2.24) is 0 Å². The minimum absolute atomic E-state index is 0.0163. The molecular weight excluding hydrogens is 544 g/mol. The molecule has 9 rings (SSSR count). The lowest BCUT2D eigenvalue weighted by molar-refractivity contribution is 0.669. The fourth-order valence-corrected chi connectivity index (χ4v) is 6.51. The molecule has 0 unspecified atom stereocenters. The van der Waals surface area contributed by atoms with Crippen LogP contribution in [0.5, 0.6) is 0 Å². The lowest BCUT2D eigenvalue weighted by Crippen LogP contribution is -1.93. The van der Waals surface area contributed by atoms with Crippen molar-refractivity contribution < 1.29 is 19.5 Å². The van der Waals surface area contributed by atoms with Crippen LogP contribution in [0.2, 0.25) is 0 Å². The van der Waals surface area contributed by atoms with Gasteiger partial charge in [-0.2, -0.15) is 0 Å². The Hall–Kier alpha value is -5.92. The molecule has 0 atom stereocenters. The molecule has 0 bridgehead atoms. The standard InChI is InChI=1S/C44H28O/c1-3-15-29(16-4-1)31-19-7-8-20-33(31)41-34-21-9-11-23-36(34)42(37-24-12-10-22-35(37)41)38-26-14-28-40-44(38)43-32(25-13-27-39(43)45-40)30-17-5-2-6-18-30/h1-28H/i1D,3D,4D,13D,14D,15D,16D,25D,26D,27D,28D. The van der Waals surface area contributed by atoms with E-state index in [2.05, 4.69) is 0 Å². The molecule has 8 aromatic carbocycles. The summed E-state index contributed by atoms with van der Waals surface area (Å²) in [4.78, 5) is 0. The number of rotatable bonds is 4. The predicted octanol–water partition coefficient (Wildman–Crippen LogP) is 12.6.